The summed E-state index contributed by atoms with van der Waals surface area (Å²) in [5, 5.41) is 32.0. The van der Waals surface area contributed by atoms with E-state index in [1.165, 1.54) is 32.1 Å². The van der Waals surface area contributed by atoms with Crippen LogP contribution in [-0.4, -0.2) is 51.9 Å². The van der Waals surface area contributed by atoms with Crippen molar-refractivity contribution in [3.8, 4) is 0 Å². The Kier molecular flexibility index (Phi) is 9.71. The van der Waals surface area contributed by atoms with Crippen LogP contribution < -0.4 is 5.32 Å². The first-order valence-corrected chi connectivity index (χ1v) is 8.96. The van der Waals surface area contributed by atoms with Crippen LogP contribution in [0, 0.1) is 0 Å². The number of ether oxygens (including phenoxy) is 1. The van der Waals surface area contributed by atoms with Gasteiger partial charge in [0.05, 0.1) is 6.10 Å². The standard InChI is InChI=1S/C17H33NO5/c1-3-4-5-6-7-8-9-10-11-13(19)18-14-16(21)15(20)12(2)23-17(14)22/h12,14-17,20-22H,3-11H2,1-2H3,(H,18,19)/t12-,14-,15-,16-,17-/m1/s1. The van der Waals surface area contributed by atoms with Crippen LogP contribution >= 0.6 is 0 Å². The van der Waals surface area contributed by atoms with E-state index < -0.39 is 30.6 Å². The zero-order chi connectivity index (χ0) is 17.2. The molecule has 1 amide bonds. The van der Waals surface area contributed by atoms with Gasteiger partial charge in [-0.3, -0.25) is 4.79 Å². The maximum absolute atomic E-state index is 11.9. The smallest absolute Gasteiger partial charge is 0.220 e. The van der Waals surface area contributed by atoms with Gasteiger partial charge >= 0.3 is 0 Å². The first-order valence-electron chi connectivity index (χ1n) is 8.96. The lowest BCUT2D eigenvalue weighted by molar-refractivity contribution is -0.242. The van der Waals surface area contributed by atoms with Gasteiger partial charge in [-0.05, 0) is 13.3 Å². The van der Waals surface area contributed by atoms with Gasteiger partial charge in [0, 0.05) is 6.42 Å². The predicted molar refractivity (Wildman–Crippen MR) is 87.7 cm³/mol. The molecule has 0 saturated carbocycles. The van der Waals surface area contributed by atoms with Crippen molar-refractivity contribution in [2.45, 2.75) is 102 Å². The number of aliphatic hydroxyl groups is 3. The molecular formula is C17H33NO5. The Labute approximate surface area is 139 Å². The second kappa shape index (κ2) is 11.0. The van der Waals surface area contributed by atoms with Gasteiger partial charge in [0.2, 0.25) is 5.91 Å². The molecule has 136 valence electrons. The lowest BCUT2D eigenvalue weighted by Gasteiger charge is -2.39. The summed E-state index contributed by atoms with van der Waals surface area (Å²) in [5.41, 5.74) is 0. The van der Waals surface area contributed by atoms with E-state index in [1.807, 2.05) is 0 Å². The molecule has 6 heteroatoms. The van der Waals surface area contributed by atoms with Gasteiger partial charge in [-0.2, -0.15) is 0 Å². The van der Waals surface area contributed by atoms with Crippen LogP contribution in [0.1, 0.15) is 71.6 Å². The Morgan fingerprint density at radius 1 is 0.957 bits per heavy atom. The molecule has 0 aromatic heterocycles. The SMILES string of the molecule is CCCCCCCCCCC(=O)N[C@@H]1[C@@H](O)[C@H](O)[C@@H](C)O[C@H]1O. The largest absolute Gasteiger partial charge is 0.388 e. The summed E-state index contributed by atoms with van der Waals surface area (Å²) >= 11 is 0. The summed E-state index contributed by atoms with van der Waals surface area (Å²) in [6.07, 6.45) is 5.26. The lowest BCUT2D eigenvalue weighted by atomic mass is 9.97. The molecule has 0 aromatic rings. The highest BCUT2D eigenvalue weighted by molar-refractivity contribution is 5.76. The molecule has 5 atom stereocenters. The van der Waals surface area contributed by atoms with Gasteiger partial charge in [-0.25, -0.2) is 0 Å². The number of rotatable bonds is 10. The molecule has 1 aliphatic rings. The average Bonchev–Trinajstić information content (AvgIpc) is 2.52. The molecule has 4 N–H and O–H groups in total. The van der Waals surface area contributed by atoms with Crippen molar-refractivity contribution in [3.05, 3.63) is 0 Å². The molecule has 1 rings (SSSR count). The van der Waals surface area contributed by atoms with Crippen molar-refractivity contribution < 1.29 is 24.9 Å². The van der Waals surface area contributed by atoms with E-state index >= 15 is 0 Å². The molecule has 23 heavy (non-hydrogen) atoms. The second-order valence-electron chi connectivity index (χ2n) is 6.53. The van der Waals surface area contributed by atoms with Crippen LogP contribution in [0.2, 0.25) is 0 Å². The van der Waals surface area contributed by atoms with Gasteiger partial charge in [0.25, 0.3) is 0 Å². The third-order valence-corrected chi connectivity index (χ3v) is 4.45. The zero-order valence-corrected chi connectivity index (χ0v) is 14.4. The fraction of sp³-hybridized carbons (Fsp3) is 0.941. The Morgan fingerprint density at radius 2 is 1.52 bits per heavy atom. The van der Waals surface area contributed by atoms with Crippen molar-refractivity contribution in [1.82, 2.24) is 5.32 Å². The van der Waals surface area contributed by atoms with Crippen LogP contribution in [-0.2, 0) is 9.53 Å². The van der Waals surface area contributed by atoms with Crippen molar-refractivity contribution in [2.24, 2.45) is 0 Å². The van der Waals surface area contributed by atoms with Crippen molar-refractivity contribution in [3.63, 3.8) is 0 Å². The van der Waals surface area contributed by atoms with Crippen LogP contribution in [0.4, 0.5) is 0 Å². The Balaban J connectivity index is 2.16. The molecule has 0 spiro atoms. The number of unbranched alkanes of at least 4 members (excludes halogenated alkanes) is 7. The fourth-order valence-electron chi connectivity index (χ4n) is 2.88. The molecule has 0 unspecified atom stereocenters. The zero-order valence-electron chi connectivity index (χ0n) is 14.4. The average molecular weight is 331 g/mol. The molecule has 1 aliphatic heterocycles. The van der Waals surface area contributed by atoms with E-state index in [0.717, 1.165) is 19.3 Å². The third kappa shape index (κ3) is 7.16. The minimum absolute atomic E-state index is 0.232. The maximum Gasteiger partial charge on any atom is 0.220 e. The summed E-state index contributed by atoms with van der Waals surface area (Å²) in [4.78, 5) is 11.9. The molecule has 1 heterocycles. The van der Waals surface area contributed by atoms with Gasteiger partial charge in [-0.15, -0.1) is 0 Å². The monoisotopic (exact) mass is 331 g/mol. The van der Waals surface area contributed by atoms with Crippen LogP contribution in [0.25, 0.3) is 0 Å². The summed E-state index contributed by atoms with van der Waals surface area (Å²) in [6, 6.07) is -0.984. The minimum atomic E-state index is -1.30. The number of carbonyl (C=O) groups excluding carboxylic acids is 1. The van der Waals surface area contributed by atoms with Crippen molar-refractivity contribution in [2.75, 3.05) is 0 Å². The van der Waals surface area contributed by atoms with Crippen molar-refractivity contribution in [1.29, 1.82) is 0 Å². The first-order chi connectivity index (χ1) is 11.0. The number of aliphatic hydroxyl groups excluding tert-OH is 3. The molecular weight excluding hydrogens is 298 g/mol. The fourth-order valence-corrected chi connectivity index (χ4v) is 2.88. The highest BCUT2D eigenvalue weighted by atomic mass is 16.6. The van der Waals surface area contributed by atoms with Crippen LogP contribution in [0.15, 0.2) is 0 Å². The summed E-state index contributed by atoms with van der Waals surface area (Å²) in [5.74, 6) is -0.232. The predicted octanol–water partition coefficient (Wildman–Crippen LogP) is 1.46. The molecule has 1 fully saturated rings. The number of amides is 1. The van der Waals surface area contributed by atoms with Crippen LogP contribution in [0.5, 0.6) is 0 Å². The van der Waals surface area contributed by atoms with E-state index in [0.29, 0.717) is 6.42 Å². The summed E-state index contributed by atoms with van der Waals surface area (Å²) < 4.78 is 5.10. The Bertz CT molecular complexity index is 339. The highest BCUT2D eigenvalue weighted by Crippen LogP contribution is 2.19. The first kappa shape index (κ1) is 20.4. The van der Waals surface area contributed by atoms with E-state index in [-0.39, 0.29) is 5.91 Å². The number of carbonyl (C=O) groups is 1. The second-order valence-corrected chi connectivity index (χ2v) is 6.53. The molecule has 6 nitrogen and oxygen atoms in total. The van der Waals surface area contributed by atoms with Gasteiger partial charge < -0.3 is 25.4 Å². The molecule has 0 bridgehead atoms. The summed E-state index contributed by atoms with van der Waals surface area (Å²) in [7, 11) is 0. The van der Waals surface area contributed by atoms with Crippen molar-refractivity contribution >= 4 is 5.91 Å². The van der Waals surface area contributed by atoms with Gasteiger partial charge in [0.15, 0.2) is 6.29 Å². The maximum atomic E-state index is 11.9. The Hall–Kier alpha value is -0.690. The molecule has 0 aliphatic carbocycles. The topological polar surface area (TPSA) is 99.0 Å². The van der Waals surface area contributed by atoms with E-state index in [9.17, 15) is 20.1 Å². The number of nitrogens with one attached hydrogen (secondary N) is 1. The quantitative estimate of drug-likeness (QED) is 0.454. The van der Waals surface area contributed by atoms with Gasteiger partial charge in [0.1, 0.15) is 18.2 Å². The normalized spacial score (nSPS) is 31.1. The molecule has 0 aromatic carbocycles. The Morgan fingerprint density at radius 3 is 2.13 bits per heavy atom. The minimum Gasteiger partial charge on any atom is -0.388 e. The van der Waals surface area contributed by atoms with Crippen LogP contribution in [0.3, 0.4) is 0 Å². The van der Waals surface area contributed by atoms with Gasteiger partial charge in [-0.1, -0.05) is 51.9 Å². The lowest BCUT2D eigenvalue weighted by Crippen LogP contribution is -2.62. The van der Waals surface area contributed by atoms with E-state index in [4.69, 9.17) is 4.74 Å². The highest BCUT2D eigenvalue weighted by Gasteiger charge is 2.42. The third-order valence-electron chi connectivity index (χ3n) is 4.45. The number of hydrogen-bond donors (Lipinski definition) is 4. The number of hydrogen-bond acceptors (Lipinski definition) is 5. The van der Waals surface area contributed by atoms with E-state index in [1.54, 1.807) is 6.92 Å². The molecule has 1 saturated heterocycles. The summed E-state index contributed by atoms with van der Waals surface area (Å²) in [6.45, 7) is 3.76. The van der Waals surface area contributed by atoms with E-state index in [2.05, 4.69) is 12.2 Å². The molecule has 0 radical (unpaired) electrons.